The molecule has 0 radical (unpaired) electrons. The summed E-state index contributed by atoms with van der Waals surface area (Å²) in [6.07, 6.45) is -4.70. The summed E-state index contributed by atoms with van der Waals surface area (Å²) in [6, 6.07) is 8.30. The molecule has 0 aromatic heterocycles. The highest BCUT2D eigenvalue weighted by Crippen LogP contribution is 2.17. The molecule has 2 aromatic rings. The molecule has 13 heteroatoms. The van der Waals surface area contributed by atoms with Crippen LogP contribution >= 0.6 is 0 Å². The molecule has 0 fully saturated rings. The zero-order valence-electron chi connectivity index (χ0n) is 25.1. The van der Waals surface area contributed by atoms with E-state index in [0.29, 0.717) is 17.7 Å². The largest absolute Gasteiger partial charge is 0.449 e. The second-order valence-electron chi connectivity index (χ2n) is 10.9. The summed E-state index contributed by atoms with van der Waals surface area (Å²) in [5.41, 5.74) is 7.74. The first-order chi connectivity index (χ1) is 19.8. The maximum Gasteiger partial charge on any atom is 0.422 e. The molecule has 2 N–H and O–H groups in total. The second kappa shape index (κ2) is 16.6. The number of hydrogen-bond acceptors (Lipinski definition) is 5. The van der Waals surface area contributed by atoms with Gasteiger partial charge in [-0.1, -0.05) is 39.8 Å². The van der Waals surface area contributed by atoms with E-state index in [4.69, 9.17) is 5.73 Å². The van der Waals surface area contributed by atoms with Gasteiger partial charge in [-0.3, -0.25) is 14.4 Å². The lowest BCUT2D eigenvalue weighted by Gasteiger charge is -2.24. The Kier molecular flexibility index (Phi) is 14.3. The highest BCUT2D eigenvalue weighted by molar-refractivity contribution is 6.34. The SMILES string of the molecule is Cc1cc(F)ccc1CN(CC(C)C)C(=O)C(=O)OCC(F)(F)F.Cc1cc(F)ccc1CN(CC(C)C)C(=O)C(N)=O. The fourth-order valence-electron chi connectivity index (χ4n) is 3.90. The number of alkyl halides is 3. The summed E-state index contributed by atoms with van der Waals surface area (Å²) >= 11 is 0. The Balaban J connectivity index is 0.000000442. The Labute approximate surface area is 248 Å². The van der Waals surface area contributed by atoms with Crippen LogP contribution in [0.25, 0.3) is 0 Å². The molecule has 43 heavy (non-hydrogen) atoms. The van der Waals surface area contributed by atoms with Crippen molar-refractivity contribution < 1.29 is 45.9 Å². The molecule has 238 valence electrons. The van der Waals surface area contributed by atoms with Gasteiger partial charge in [-0.2, -0.15) is 13.2 Å². The van der Waals surface area contributed by atoms with Crippen molar-refractivity contribution in [3.05, 3.63) is 70.3 Å². The summed E-state index contributed by atoms with van der Waals surface area (Å²) in [4.78, 5) is 48.9. The van der Waals surface area contributed by atoms with Crippen molar-refractivity contribution in [1.82, 2.24) is 9.80 Å². The maximum absolute atomic E-state index is 13.1. The van der Waals surface area contributed by atoms with E-state index in [1.165, 1.54) is 35.2 Å². The highest BCUT2D eigenvalue weighted by Gasteiger charge is 2.33. The average molecular weight is 616 g/mol. The number of aryl methyl sites for hydroxylation is 2. The quantitative estimate of drug-likeness (QED) is 0.247. The Morgan fingerprint density at radius 3 is 1.49 bits per heavy atom. The van der Waals surface area contributed by atoms with Gasteiger partial charge in [-0.25, -0.2) is 13.6 Å². The molecule has 0 unspecified atom stereocenters. The number of primary amides is 1. The van der Waals surface area contributed by atoms with Crippen LogP contribution in [-0.2, 0) is 37.0 Å². The molecular formula is C30H38F5N3O5. The van der Waals surface area contributed by atoms with Crippen molar-refractivity contribution >= 4 is 23.7 Å². The molecule has 0 atom stereocenters. The van der Waals surface area contributed by atoms with E-state index in [1.807, 2.05) is 13.8 Å². The van der Waals surface area contributed by atoms with Crippen LogP contribution < -0.4 is 5.73 Å². The Morgan fingerprint density at radius 2 is 1.16 bits per heavy atom. The number of nitrogens with zero attached hydrogens (tertiary/aromatic N) is 2. The summed E-state index contributed by atoms with van der Waals surface area (Å²) in [7, 11) is 0. The summed E-state index contributed by atoms with van der Waals surface area (Å²) in [5, 5.41) is 0. The Bertz CT molecular complexity index is 1280. The number of esters is 1. The van der Waals surface area contributed by atoms with Crippen molar-refractivity contribution in [2.24, 2.45) is 17.6 Å². The van der Waals surface area contributed by atoms with E-state index >= 15 is 0 Å². The van der Waals surface area contributed by atoms with Gasteiger partial charge < -0.3 is 20.3 Å². The maximum atomic E-state index is 13.1. The van der Waals surface area contributed by atoms with Gasteiger partial charge in [0.1, 0.15) is 11.6 Å². The van der Waals surface area contributed by atoms with Gasteiger partial charge in [0.25, 0.3) is 0 Å². The first-order valence-corrected chi connectivity index (χ1v) is 13.4. The summed E-state index contributed by atoms with van der Waals surface area (Å²) < 4.78 is 66.4. The Morgan fingerprint density at radius 1 is 0.767 bits per heavy atom. The van der Waals surface area contributed by atoms with E-state index in [-0.39, 0.29) is 37.3 Å². The van der Waals surface area contributed by atoms with Crippen LogP contribution in [0.5, 0.6) is 0 Å². The third-order valence-corrected chi connectivity index (χ3v) is 5.83. The van der Waals surface area contributed by atoms with Gasteiger partial charge in [-0.15, -0.1) is 0 Å². The van der Waals surface area contributed by atoms with Gasteiger partial charge in [0.2, 0.25) is 0 Å². The van der Waals surface area contributed by atoms with Crippen LogP contribution in [-0.4, -0.2) is 59.4 Å². The number of rotatable bonds is 9. The molecule has 0 heterocycles. The van der Waals surface area contributed by atoms with Crippen molar-refractivity contribution in [2.75, 3.05) is 19.7 Å². The van der Waals surface area contributed by atoms with Crippen molar-refractivity contribution in [1.29, 1.82) is 0 Å². The molecule has 0 aliphatic carbocycles. The molecule has 3 amide bonds. The number of carbonyl (C=O) groups excluding carboxylic acids is 4. The molecule has 0 aliphatic rings. The molecule has 0 saturated carbocycles. The van der Waals surface area contributed by atoms with Crippen molar-refractivity contribution in [2.45, 2.75) is 60.8 Å². The van der Waals surface area contributed by atoms with Crippen LogP contribution in [0.3, 0.4) is 0 Å². The minimum Gasteiger partial charge on any atom is -0.449 e. The zero-order chi connectivity index (χ0) is 33.1. The number of carbonyl (C=O) groups is 4. The molecule has 0 saturated heterocycles. The number of halogens is 5. The van der Waals surface area contributed by atoms with Gasteiger partial charge >= 0.3 is 29.9 Å². The number of hydrogen-bond donors (Lipinski definition) is 1. The number of ether oxygens (including phenoxy) is 1. The van der Waals surface area contributed by atoms with Gasteiger partial charge in [0.15, 0.2) is 6.61 Å². The number of nitrogens with two attached hydrogens (primary N) is 1. The van der Waals surface area contributed by atoms with E-state index < -0.39 is 42.3 Å². The van der Waals surface area contributed by atoms with Crippen LogP contribution in [0.4, 0.5) is 22.0 Å². The first-order valence-electron chi connectivity index (χ1n) is 13.4. The van der Waals surface area contributed by atoms with Crippen LogP contribution in [0.2, 0.25) is 0 Å². The van der Waals surface area contributed by atoms with Crippen LogP contribution in [0, 0.1) is 37.3 Å². The molecular weight excluding hydrogens is 577 g/mol. The first kappa shape index (κ1) is 37.0. The van der Waals surface area contributed by atoms with Gasteiger partial charge in [0, 0.05) is 26.2 Å². The summed E-state index contributed by atoms with van der Waals surface area (Å²) in [6.45, 7) is 9.86. The van der Waals surface area contributed by atoms with Crippen LogP contribution in [0.1, 0.15) is 49.9 Å². The highest BCUT2D eigenvalue weighted by atomic mass is 19.4. The smallest absolute Gasteiger partial charge is 0.422 e. The molecule has 2 rings (SSSR count). The normalized spacial score (nSPS) is 11.1. The van der Waals surface area contributed by atoms with E-state index in [1.54, 1.807) is 33.8 Å². The third-order valence-electron chi connectivity index (χ3n) is 5.83. The minimum absolute atomic E-state index is 0.0230. The monoisotopic (exact) mass is 615 g/mol. The predicted octanol–water partition coefficient (Wildman–Crippen LogP) is 4.83. The zero-order valence-corrected chi connectivity index (χ0v) is 25.1. The topological polar surface area (TPSA) is 110 Å². The van der Waals surface area contributed by atoms with Crippen LogP contribution in [0.15, 0.2) is 36.4 Å². The minimum atomic E-state index is -4.70. The molecule has 2 aromatic carbocycles. The number of benzene rings is 2. The standard InChI is InChI=1S/C16H19F4NO3.C14H19FN2O2/c1-10(2)7-21(8-12-4-5-13(17)6-11(12)3)14(22)15(23)24-9-16(18,19)20;1-9(2)7-17(14(19)13(16)18)8-11-4-5-12(15)6-10(11)3/h4-6,10H,7-9H2,1-3H3;4-6,9H,7-8H2,1-3H3,(H2,16,18). The van der Waals surface area contributed by atoms with E-state index in [0.717, 1.165) is 16.0 Å². The average Bonchev–Trinajstić information content (AvgIpc) is 2.88. The molecule has 0 aliphatic heterocycles. The molecule has 0 bridgehead atoms. The lowest BCUT2D eigenvalue weighted by molar-refractivity contribution is -0.189. The van der Waals surface area contributed by atoms with Crippen molar-refractivity contribution in [3.63, 3.8) is 0 Å². The van der Waals surface area contributed by atoms with Gasteiger partial charge in [0.05, 0.1) is 0 Å². The van der Waals surface area contributed by atoms with Gasteiger partial charge in [-0.05, 0) is 72.2 Å². The third kappa shape index (κ3) is 13.7. The van der Waals surface area contributed by atoms with E-state index in [9.17, 15) is 41.1 Å². The number of amides is 3. The van der Waals surface area contributed by atoms with Crippen molar-refractivity contribution in [3.8, 4) is 0 Å². The summed E-state index contributed by atoms with van der Waals surface area (Å²) in [5.74, 6) is -4.98. The lowest BCUT2D eigenvalue weighted by atomic mass is 10.1. The molecule has 8 nitrogen and oxygen atoms in total. The fourth-order valence-corrected chi connectivity index (χ4v) is 3.90. The van der Waals surface area contributed by atoms with E-state index in [2.05, 4.69) is 4.74 Å². The fraction of sp³-hybridized carbons (Fsp3) is 0.467. The molecule has 0 spiro atoms. The second-order valence-corrected chi connectivity index (χ2v) is 10.9. The predicted molar refractivity (Wildman–Crippen MR) is 149 cm³/mol. The lowest BCUT2D eigenvalue weighted by Crippen LogP contribution is -2.41. The Hall–Kier alpha value is -4.03.